The topological polar surface area (TPSA) is 59.6 Å². The van der Waals surface area contributed by atoms with Crippen molar-refractivity contribution in [2.24, 2.45) is 0 Å². The van der Waals surface area contributed by atoms with E-state index in [0.717, 1.165) is 12.1 Å². The number of anilines is 1. The molecule has 0 saturated heterocycles. The van der Waals surface area contributed by atoms with Gasteiger partial charge in [0.2, 0.25) is 0 Å². The Bertz CT molecular complexity index is 392. The van der Waals surface area contributed by atoms with E-state index in [1.165, 1.54) is 0 Å². The number of carbonyl (C=O) groups is 1. The maximum Gasteiger partial charge on any atom is 0.251 e. The van der Waals surface area contributed by atoms with Gasteiger partial charge in [-0.15, -0.1) is 0 Å². The van der Waals surface area contributed by atoms with Gasteiger partial charge >= 0.3 is 0 Å². The van der Waals surface area contributed by atoms with Crippen LogP contribution in [0.5, 0.6) is 0 Å². The van der Waals surface area contributed by atoms with Crippen LogP contribution in [0.1, 0.15) is 23.7 Å². The van der Waals surface area contributed by atoms with Gasteiger partial charge in [-0.3, -0.25) is 4.79 Å². The minimum absolute atomic E-state index is 0.0551. The van der Waals surface area contributed by atoms with E-state index in [9.17, 15) is 4.79 Å². The molecule has 0 aromatic heterocycles. The molecule has 0 spiro atoms. The van der Waals surface area contributed by atoms with Crippen molar-refractivity contribution in [1.82, 2.24) is 5.32 Å². The van der Waals surface area contributed by atoms with E-state index in [1.54, 1.807) is 20.3 Å². The number of benzene rings is 1. The molecule has 1 amide bonds. The third-order valence-electron chi connectivity index (χ3n) is 2.66. The third kappa shape index (κ3) is 5.28. The number of carbonyl (C=O) groups excluding carboxylic acids is 1. The van der Waals surface area contributed by atoms with Crippen LogP contribution in [-0.4, -0.2) is 39.5 Å². The molecule has 0 atom stereocenters. The van der Waals surface area contributed by atoms with Crippen LogP contribution in [0.3, 0.4) is 0 Å². The smallest absolute Gasteiger partial charge is 0.251 e. The maximum absolute atomic E-state index is 11.8. The molecule has 0 radical (unpaired) electrons. The van der Waals surface area contributed by atoms with Gasteiger partial charge < -0.3 is 20.1 Å². The number of amides is 1. The second-order valence-electron chi connectivity index (χ2n) is 4.12. The molecule has 5 heteroatoms. The van der Waals surface area contributed by atoms with Gasteiger partial charge in [-0.25, -0.2) is 0 Å². The Kier molecular flexibility index (Phi) is 6.92. The molecule has 1 aromatic rings. The predicted molar refractivity (Wildman–Crippen MR) is 75.4 cm³/mol. The van der Waals surface area contributed by atoms with Crippen LogP contribution in [0, 0.1) is 0 Å². The molecule has 0 aliphatic heterocycles. The lowest BCUT2D eigenvalue weighted by Crippen LogP contribution is -2.25. The molecular formula is C14H22N2O3. The van der Waals surface area contributed by atoms with Crippen molar-refractivity contribution in [3.63, 3.8) is 0 Å². The van der Waals surface area contributed by atoms with Gasteiger partial charge in [-0.1, -0.05) is 13.0 Å². The fourth-order valence-electron chi connectivity index (χ4n) is 1.58. The number of hydrogen-bond acceptors (Lipinski definition) is 4. The molecule has 0 fully saturated rings. The summed E-state index contributed by atoms with van der Waals surface area (Å²) in [7, 11) is 3.18. The first-order chi connectivity index (χ1) is 9.21. The zero-order valence-electron chi connectivity index (χ0n) is 11.7. The van der Waals surface area contributed by atoms with Gasteiger partial charge in [0.25, 0.3) is 5.91 Å². The number of methoxy groups -OCH3 is 2. The van der Waals surface area contributed by atoms with E-state index in [4.69, 9.17) is 9.47 Å². The van der Waals surface area contributed by atoms with Gasteiger partial charge in [-0.05, 0) is 24.6 Å². The fraction of sp³-hybridized carbons (Fsp3) is 0.500. The lowest BCUT2D eigenvalue weighted by Gasteiger charge is -2.15. The molecule has 0 aliphatic rings. The van der Waals surface area contributed by atoms with Crippen molar-refractivity contribution in [2.45, 2.75) is 19.6 Å². The standard InChI is InChI=1S/C14H22N2O3/c1-4-8-15-14(17)11-6-5-7-12(9-11)16-10-13(18-2)19-3/h5-7,9,13,16H,4,8,10H2,1-3H3,(H,15,17). The molecule has 0 saturated carbocycles. The van der Waals surface area contributed by atoms with Crippen molar-refractivity contribution < 1.29 is 14.3 Å². The normalized spacial score (nSPS) is 10.5. The minimum Gasteiger partial charge on any atom is -0.380 e. The van der Waals surface area contributed by atoms with E-state index in [0.29, 0.717) is 18.7 Å². The van der Waals surface area contributed by atoms with E-state index >= 15 is 0 Å². The van der Waals surface area contributed by atoms with Crippen molar-refractivity contribution in [2.75, 3.05) is 32.6 Å². The van der Waals surface area contributed by atoms with Crippen LogP contribution in [0.25, 0.3) is 0 Å². The minimum atomic E-state index is -0.308. The fourth-order valence-corrected chi connectivity index (χ4v) is 1.58. The molecule has 0 aliphatic carbocycles. The monoisotopic (exact) mass is 266 g/mol. The predicted octanol–water partition coefficient (Wildman–Crippen LogP) is 1.86. The highest BCUT2D eigenvalue weighted by molar-refractivity contribution is 5.95. The Labute approximate surface area is 114 Å². The summed E-state index contributed by atoms with van der Waals surface area (Å²) < 4.78 is 10.2. The second kappa shape index (κ2) is 8.50. The van der Waals surface area contributed by atoms with Crippen LogP contribution in [0.4, 0.5) is 5.69 Å². The first-order valence-electron chi connectivity index (χ1n) is 6.39. The van der Waals surface area contributed by atoms with Gasteiger partial charge in [0, 0.05) is 32.0 Å². The summed E-state index contributed by atoms with van der Waals surface area (Å²) in [5, 5.41) is 6.01. The summed E-state index contributed by atoms with van der Waals surface area (Å²) in [5.74, 6) is -0.0551. The Morgan fingerprint density at radius 1 is 1.32 bits per heavy atom. The van der Waals surface area contributed by atoms with E-state index < -0.39 is 0 Å². The molecule has 5 nitrogen and oxygen atoms in total. The van der Waals surface area contributed by atoms with Crippen molar-refractivity contribution >= 4 is 11.6 Å². The lowest BCUT2D eigenvalue weighted by atomic mass is 10.2. The Morgan fingerprint density at radius 3 is 2.68 bits per heavy atom. The Balaban J connectivity index is 2.58. The van der Waals surface area contributed by atoms with Gasteiger partial charge in [-0.2, -0.15) is 0 Å². The first-order valence-corrected chi connectivity index (χ1v) is 6.39. The summed E-state index contributed by atoms with van der Waals surface area (Å²) in [5.41, 5.74) is 1.51. The molecule has 106 valence electrons. The average molecular weight is 266 g/mol. The molecule has 0 bridgehead atoms. The lowest BCUT2D eigenvalue weighted by molar-refractivity contribution is -0.0914. The zero-order valence-corrected chi connectivity index (χ0v) is 11.7. The zero-order chi connectivity index (χ0) is 14.1. The first kappa shape index (κ1) is 15.5. The maximum atomic E-state index is 11.8. The quantitative estimate of drug-likeness (QED) is 0.705. The van der Waals surface area contributed by atoms with Gasteiger partial charge in [0.05, 0.1) is 6.54 Å². The highest BCUT2D eigenvalue weighted by atomic mass is 16.7. The third-order valence-corrected chi connectivity index (χ3v) is 2.66. The molecular weight excluding hydrogens is 244 g/mol. The van der Waals surface area contributed by atoms with Crippen LogP contribution >= 0.6 is 0 Å². The molecule has 1 aromatic carbocycles. The summed E-state index contributed by atoms with van der Waals surface area (Å²) in [6.45, 7) is 3.23. The molecule has 0 unspecified atom stereocenters. The van der Waals surface area contributed by atoms with Crippen molar-refractivity contribution in [3.05, 3.63) is 29.8 Å². The Morgan fingerprint density at radius 2 is 2.05 bits per heavy atom. The molecule has 2 N–H and O–H groups in total. The van der Waals surface area contributed by atoms with Crippen molar-refractivity contribution in [3.8, 4) is 0 Å². The molecule has 1 rings (SSSR count). The number of ether oxygens (including phenoxy) is 2. The highest BCUT2D eigenvalue weighted by Crippen LogP contribution is 2.11. The van der Waals surface area contributed by atoms with Gasteiger partial charge in [0.15, 0.2) is 6.29 Å². The van der Waals surface area contributed by atoms with Gasteiger partial charge in [0.1, 0.15) is 0 Å². The SMILES string of the molecule is CCCNC(=O)c1cccc(NCC(OC)OC)c1. The van der Waals surface area contributed by atoms with Crippen LogP contribution in [0.15, 0.2) is 24.3 Å². The number of hydrogen-bond donors (Lipinski definition) is 2. The Hall–Kier alpha value is -1.59. The van der Waals surface area contributed by atoms with Crippen molar-refractivity contribution in [1.29, 1.82) is 0 Å². The molecule has 19 heavy (non-hydrogen) atoms. The largest absolute Gasteiger partial charge is 0.380 e. The van der Waals surface area contributed by atoms with Crippen LogP contribution < -0.4 is 10.6 Å². The summed E-state index contributed by atoms with van der Waals surface area (Å²) in [6, 6.07) is 7.35. The second-order valence-corrected chi connectivity index (χ2v) is 4.12. The summed E-state index contributed by atoms with van der Waals surface area (Å²) in [4.78, 5) is 11.8. The van der Waals surface area contributed by atoms with E-state index in [-0.39, 0.29) is 12.2 Å². The van der Waals surface area contributed by atoms with E-state index in [2.05, 4.69) is 10.6 Å². The molecule has 0 heterocycles. The number of rotatable bonds is 8. The summed E-state index contributed by atoms with van der Waals surface area (Å²) >= 11 is 0. The highest BCUT2D eigenvalue weighted by Gasteiger charge is 2.07. The number of nitrogens with one attached hydrogen (secondary N) is 2. The summed E-state index contributed by atoms with van der Waals surface area (Å²) in [6.07, 6.45) is 0.616. The van der Waals surface area contributed by atoms with Crippen LogP contribution in [-0.2, 0) is 9.47 Å². The van der Waals surface area contributed by atoms with E-state index in [1.807, 2.05) is 25.1 Å². The average Bonchev–Trinajstić information content (AvgIpc) is 2.46. The van der Waals surface area contributed by atoms with Crippen LogP contribution in [0.2, 0.25) is 0 Å².